The number of nitrogens with zero attached hydrogens (tertiary/aromatic N) is 1. The zero-order valence-electron chi connectivity index (χ0n) is 15.9. The number of rotatable bonds is 4. The summed E-state index contributed by atoms with van der Waals surface area (Å²) in [5.41, 5.74) is 4.04. The van der Waals surface area contributed by atoms with Gasteiger partial charge < -0.3 is 5.32 Å². The second kappa shape index (κ2) is 8.34. The molecule has 0 saturated carbocycles. The van der Waals surface area contributed by atoms with Gasteiger partial charge in [-0.2, -0.15) is 0 Å². The van der Waals surface area contributed by atoms with Crippen LogP contribution >= 0.6 is 22.9 Å². The van der Waals surface area contributed by atoms with Gasteiger partial charge in [-0.15, -0.1) is 11.3 Å². The highest BCUT2D eigenvalue weighted by molar-refractivity contribution is 7.16. The Morgan fingerprint density at radius 2 is 1.93 bits per heavy atom. The Morgan fingerprint density at radius 1 is 1.15 bits per heavy atom. The summed E-state index contributed by atoms with van der Waals surface area (Å²) in [5, 5.41) is 4.98. The predicted octanol–water partition coefficient (Wildman–Crippen LogP) is 5.81. The SMILES string of the molecule is CC(=O)Nc1sc2c(c1C(c1cccc(Cl)c1)N1CCCCC1)CCCC2. The summed E-state index contributed by atoms with van der Waals surface area (Å²) < 4.78 is 0. The lowest BCUT2D eigenvalue weighted by Gasteiger charge is -2.36. The Labute approximate surface area is 170 Å². The highest BCUT2D eigenvalue weighted by atomic mass is 35.5. The van der Waals surface area contributed by atoms with Crippen LogP contribution in [0.15, 0.2) is 24.3 Å². The zero-order valence-corrected chi connectivity index (χ0v) is 17.5. The van der Waals surface area contributed by atoms with Crippen LogP contribution in [-0.4, -0.2) is 23.9 Å². The summed E-state index contributed by atoms with van der Waals surface area (Å²) in [5.74, 6) is 0.0123. The molecule has 1 aliphatic heterocycles. The number of aryl methyl sites for hydroxylation is 1. The van der Waals surface area contributed by atoms with Gasteiger partial charge in [-0.05, 0) is 74.9 Å². The van der Waals surface area contributed by atoms with Crippen molar-refractivity contribution in [3.05, 3.63) is 50.9 Å². The first-order chi connectivity index (χ1) is 13.1. The lowest BCUT2D eigenvalue weighted by atomic mass is 9.88. The van der Waals surface area contributed by atoms with E-state index in [1.807, 2.05) is 12.1 Å². The molecule has 4 rings (SSSR count). The molecular formula is C22H27ClN2OS. The first-order valence-corrected chi connectivity index (χ1v) is 11.2. The number of amides is 1. The molecule has 0 bridgehead atoms. The van der Waals surface area contributed by atoms with E-state index in [2.05, 4.69) is 22.3 Å². The van der Waals surface area contributed by atoms with Crippen LogP contribution in [0.3, 0.4) is 0 Å². The number of halogens is 1. The summed E-state index contributed by atoms with van der Waals surface area (Å²) in [6, 6.07) is 8.45. The van der Waals surface area contributed by atoms with Gasteiger partial charge >= 0.3 is 0 Å². The van der Waals surface area contributed by atoms with Crippen LogP contribution < -0.4 is 5.32 Å². The summed E-state index contributed by atoms with van der Waals surface area (Å²) >= 11 is 8.16. The minimum atomic E-state index is 0.0123. The van der Waals surface area contributed by atoms with E-state index < -0.39 is 0 Å². The van der Waals surface area contributed by atoms with Crippen LogP contribution in [0, 0.1) is 0 Å². The number of anilines is 1. The molecule has 1 unspecified atom stereocenters. The number of likely N-dealkylation sites (tertiary alicyclic amines) is 1. The summed E-state index contributed by atoms with van der Waals surface area (Å²) in [4.78, 5) is 16.0. The third kappa shape index (κ3) is 4.08. The largest absolute Gasteiger partial charge is 0.318 e. The van der Waals surface area contributed by atoms with E-state index in [1.165, 1.54) is 53.7 Å². The normalized spacial score (nSPS) is 18.7. The maximum absolute atomic E-state index is 11.9. The third-order valence-electron chi connectivity index (χ3n) is 5.70. The van der Waals surface area contributed by atoms with Gasteiger partial charge in [0, 0.05) is 22.4 Å². The highest BCUT2D eigenvalue weighted by Crippen LogP contribution is 2.46. The number of thiophene rings is 1. The fourth-order valence-electron chi connectivity index (χ4n) is 4.55. The van der Waals surface area contributed by atoms with Crippen molar-refractivity contribution in [2.45, 2.75) is 57.9 Å². The maximum atomic E-state index is 11.9. The minimum Gasteiger partial charge on any atom is -0.318 e. The molecular weight excluding hydrogens is 376 g/mol. The number of benzene rings is 1. The molecule has 2 heterocycles. The second-order valence-electron chi connectivity index (χ2n) is 7.69. The number of fused-ring (bicyclic) bond motifs is 1. The van der Waals surface area contributed by atoms with E-state index in [1.54, 1.807) is 18.3 Å². The standard InChI is InChI=1S/C22H27ClN2OS/c1-15(26)24-22-20(18-10-3-4-11-19(18)27-22)21(25-12-5-2-6-13-25)16-8-7-9-17(23)14-16/h7-9,14,21H,2-6,10-13H2,1H3,(H,24,26). The minimum absolute atomic E-state index is 0.0123. The molecule has 1 N–H and O–H groups in total. The topological polar surface area (TPSA) is 32.3 Å². The monoisotopic (exact) mass is 402 g/mol. The van der Waals surface area contributed by atoms with Crippen LogP contribution in [0.5, 0.6) is 0 Å². The van der Waals surface area contributed by atoms with Crippen molar-refractivity contribution in [3.63, 3.8) is 0 Å². The number of nitrogens with one attached hydrogen (secondary N) is 1. The molecule has 27 heavy (non-hydrogen) atoms. The van der Waals surface area contributed by atoms with Crippen molar-refractivity contribution in [2.24, 2.45) is 0 Å². The number of carbonyl (C=O) groups is 1. The zero-order chi connectivity index (χ0) is 18.8. The second-order valence-corrected chi connectivity index (χ2v) is 9.23. The van der Waals surface area contributed by atoms with Crippen molar-refractivity contribution in [1.82, 2.24) is 4.90 Å². The van der Waals surface area contributed by atoms with Crippen molar-refractivity contribution >= 4 is 33.8 Å². The van der Waals surface area contributed by atoms with Gasteiger partial charge in [0.05, 0.1) is 6.04 Å². The molecule has 1 aromatic carbocycles. The summed E-state index contributed by atoms with van der Waals surface area (Å²) in [6.07, 6.45) is 8.51. The van der Waals surface area contributed by atoms with E-state index in [9.17, 15) is 4.79 Å². The molecule has 0 radical (unpaired) electrons. The Morgan fingerprint density at radius 3 is 2.67 bits per heavy atom. The molecule has 1 fully saturated rings. The quantitative estimate of drug-likeness (QED) is 0.699. The maximum Gasteiger partial charge on any atom is 0.221 e. The van der Waals surface area contributed by atoms with E-state index in [0.29, 0.717) is 0 Å². The van der Waals surface area contributed by atoms with Crippen molar-refractivity contribution in [1.29, 1.82) is 0 Å². The van der Waals surface area contributed by atoms with E-state index >= 15 is 0 Å². The van der Waals surface area contributed by atoms with Gasteiger partial charge in [0.2, 0.25) is 5.91 Å². The average Bonchev–Trinajstić information content (AvgIpc) is 3.00. The molecule has 1 saturated heterocycles. The van der Waals surface area contributed by atoms with Crippen LogP contribution in [0.25, 0.3) is 0 Å². The molecule has 2 aliphatic rings. The van der Waals surface area contributed by atoms with Crippen molar-refractivity contribution in [3.8, 4) is 0 Å². The van der Waals surface area contributed by atoms with Gasteiger partial charge in [0.1, 0.15) is 5.00 Å². The van der Waals surface area contributed by atoms with Crippen molar-refractivity contribution < 1.29 is 4.79 Å². The number of hydrogen-bond acceptors (Lipinski definition) is 3. The predicted molar refractivity (Wildman–Crippen MR) is 114 cm³/mol. The number of hydrogen-bond donors (Lipinski definition) is 1. The summed E-state index contributed by atoms with van der Waals surface area (Å²) in [6.45, 7) is 3.81. The molecule has 3 nitrogen and oxygen atoms in total. The lowest BCUT2D eigenvalue weighted by molar-refractivity contribution is -0.114. The molecule has 0 spiro atoms. The Hall–Kier alpha value is -1.36. The Kier molecular flexibility index (Phi) is 5.86. The Balaban J connectivity index is 1.86. The molecule has 1 aliphatic carbocycles. The smallest absolute Gasteiger partial charge is 0.221 e. The molecule has 144 valence electrons. The fourth-order valence-corrected chi connectivity index (χ4v) is 6.11. The van der Waals surface area contributed by atoms with Gasteiger partial charge in [-0.1, -0.05) is 30.2 Å². The molecule has 1 atom stereocenters. The first kappa shape index (κ1) is 19.0. The Bertz CT molecular complexity index is 826. The molecule has 2 aromatic rings. The van der Waals surface area contributed by atoms with Crippen LogP contribution in [0.4, 0.5) is 5.00 Å². The lowest BCUT2D eigenvalue weighted by Crippen LogP contribution is -2.35. The average molecular weight is 403 g/mol. The number of piperidine rings is 1. The van der Waals surface area contributed by atoms with Gasteiger partial charge in [0.25, 0.3) is 0 Å². The first-order valence-electron chi connectivity index (χ1n) is 10.0. The van der Waals surface area contributed by atoms with Crippen LogP contribution in [-0.2, 0) is 17.6 Å². The molecule has 5 heteroatoms. The highest BCUT2D eigenvalue weighted by Gasteiger charge is 2.32. The fraction of sp³-hybridized carbons (Fsp3) is 0.500. The van der Waals surface area contributed by atoms with Gasteiger partial charge in [-0.3, -0.25) is 9.69 Å². The van der Waals surface area contributed by atoms with E-state index in [4.69, 9.17) is 11.6 Å². The third-order valence-corrected chi connectivity index (χ3v) is 7.15. The van der Waals surface area contributed by atoms with Crippen LogP contribution in [0.1, 0.15) is 66.6 Å². The van der Waals surface area contributed by atoms with Crippen LogP contribution in [0.2, 0.25) is 5.02 Å². The van der Waals surface area contributed by atoms with E-state index in [0.717, 1.165) is 36.0 Å². The summed E-state index contributed by atoms with van der Waals surface area (Å²) in [7, 11) is 0. The van der Waals surface area contributed by atoms with E-state index in [-0.39, 0.29) is 11.9 Å². The van der Waals surface area contributed by atoms with Gasteiger partial charge in [-0.25, -0.2) is 0 Å². The molecule has 1 amide bonds. The molecule has 1 aromatic heterocycles. The van der Waals surface area contributed by atoms with Crippen molar-refractivity contribution in [2.75, 3.05) is 18.4 Å². The number of carbonyl (C=O) groups excluding carboxylic acids is 1. The van der Waals surface area contributed by atoms with Gasteiger partial charge in [0.15, 0.2) is 0 Å².